The third-order valence-corrected chi connectivity index (χ3v) is 6.61. The van der Waals surface area contributed by atoms with Crippen LogP contribution in [0.2, 0.25) is 5.02 Å². The molecule has 0 spiro atoms. The van der Waals surface area contributed by atoms with Gasteiger partial charge in [-0.25, -0.2) is 9.97 Å². The fraction of sp³-hybridized carbons (Fsp3) is 0.417. The van der Waals surface area contributed by atoms with E-state index in [1.54, 1.807) is 0 Å². The van der Waals surface area contributed by atoms with Crippen molar-refractivity contribution in [3.05, 3.63) is 58.0 Å². The Balaban J connectivity index is 1.23. The lowest BCUT2D eigenvalue weighted by Crippen LogP contribution is -2.44. The molecule has 0 radical (unpaired) electrons. The zero-order valence-electron chi connectivity index (χ0n) is 18.3. The maximum absolute atomic E-state index is 13.2. The van der Waals surface area contributed by atoms with Crippen molar-refractivity contribution in [1.29, 1.82) is 0 Å². The average Bonchev–Trinajstić information content (AvgIpc) is 3.22. The second-order valence-electron chi connectivity index (χ2n) is 8.67. The molecule has 8 heteroatoms. The van der Waals surface area contributed by atoms with Gasteiger partial charge in [-0.05, 0) is 63.4 Å². The number of carbonyl (C=O) groups excluding carboxylic acids is 1. The van der Waals surface area contributed by atoms with Gasteiger partial charge in [0.15, 0.2) is 5.76 Å². The van der Waals surface area contributed by atoms with E-state index in [0.29, 0.717) is 18.1 Å². The first-order chi connectivity index (χ1) is 15.5. The summed E-state index contributed by atoms with van der Waals surface area (Å²) >= 11 is 6.00. The number of anilines is 1. The molecule has 2 aromatic heterocycles. The first-order valence-corrected chi connectivity index (χ1v) is 11.4. The van der Waals surface area contributed by atoms with Crippen molar-refractivity contribution in [3.8, 4) is 11.3 Å². The molecule has 1 fully saturated rings. The van der Waals surface area contributed by atoms with Gasteiger partial charge in [0.05, 0.1) is 6.54 Å². The molecule has 0 atom stereocenters. The van der Waals surface area contributed by atoms with Gasteiger partial charge in [-0.15, -0.1) is 0 Å². The molecule has 1 aromatic carbocycles. The molecule has 2 aliphatic heterocycles. The summed E-state index contributed by atoms with van der Waals surface area (Å²) in [6.45, 7) is 6.76. The van der Waals surface area contributed by atoms with Crippen LogP contribution in [0.3, 0.4) is 0 Å². The van der Waals surface area contributed by atoms with Crippen molar-refractivity contribution in [3.63, 3.8) is 0 Å². The van der Waals surface area contributed by atoms with E-state index >= 15 is 0 Å². The topological polar surface area (TPSA) is 75.4 Å². The van der Waals surface area contributed by atoms with Gasteiger partial charge in [0, 0.05) is 53.1 Å². The minimum Gasteiger partial charge on any atom is -0.356 e. The van der Waals surface area contributed by atoms with Gasteiger partial charge in [0.1, 0.15) is 5.69 Å². The number of amides is 1. The number of nitrogens with zero attached hydrogens (tertiary/aromatic N) is 5. The van der Waals surface area contributed by atoms with E-state index < -0.39 is 0 Å². The molecule has 0 saturated carbocycles. The normalized spacial score (nSPS) is 16.8. The Morgan fingerprint density at radius 1 is 1.06 bits per heavy atom. The Labute approximate surface area is 192 Å². The summed E-state index contributed by atoms with van der Waals surface area (Å²) in [5, 5.41) is 4.96. The van der Waals surface area contributed by atoms with E-state index in [-0.39, 0.29) is 11.8 Å². The number of hydrogen-bond donors (Lipinski definition) is 0. The number of aryl methyl sites for hydroxylation is 2. The summed E-state index contributed by atoms with van der Waals surface area (Å²) in [7, 11) is 0. The van der Waals surface area contributed by atoms with Crippen LogP contribution in [0.25, 0.3) is 11.3 Å². The Morgan fingerprint density at radius 3 is 2.44 bits per heavy atom. The van der Waals surface area contributed by atoms with Gasteiger partial charge in [0.25, 0.3) is 0 Å². The predicted molar refractivity (Wildman–Crippen MR) is 123 cm³/mol. The number of fused-ring (bicyclic) bond motifs is 1. The van der Waals surface area contributed by atoms with E-state index in [4.69, 9.17) is 16.1 Å². The number of carbonyl (C=O) groups is 1. The second-order valence-corrected chi connectivity index (χ2v) is 9.10. The van der Waals surface area contributed by atoms with Crippen LogP contribution < -0.4 is 4.90 Å². The summed E-state index contributed by atoms with van der Waals surface area (Å²) in [6, 6.07) is 9.55. The lowest BCUT2D eigenvalue weighted by atomic mass is 9.93. The standard InChI is InChI=1S/C24H26ClN5O2/c1-15-13-16(2)27-24(26-15)29-10-7-18(8-11-29)23(31)30-12-9-20-21(14-30)28-32-22(20)17-3-5-19(25)6-4-17/h3-6,13,18H,7-12,14H2,1-2H3. The van der Waals surface area contributed by atoms with Gasteiger partial charge in [0.2, 0.25) is 11.9 Å². The molecule has 0 N–H and O–H groups in total. The molecular weight excluding hydrogens is 426 g/mol. The highest BCUT2D eigenvalue weighted by Gasteiger charge is 2.33. The maximum Gasteiger partial charge on any atom is 0.226 e. The van der Waals surface area contributed by atoms with Crippen LogP contribution >= 0.6 is 11.6 Å². The minimum absolute atomic E-state index is 0.0290. The van der Waals surface area contributed by atoms with Crippen molar-refractivity contribution in [1.82, 2.24) is 20.0 Å². The number of benzene rings is 1. The summed E-state index contributed by atoms with van der Waals surface area (Å²) in [5.41, 5.74) is 4.86. The smallest absolute Gasteiger partial charge is 0.226 e. The Kier molecular flexibility index (Phi) is 5.59. The number of piperidine rings is 1. The second kappa shape index (κ2) is 8.54. The van der Waals surface area contributed by atoms with E-state index in [0.717, 1.165) is 72.3 Å². The average molecular weight is 452 g/mol. The molecule has 3 aromatic rings. The molecule has 1 amide bonds. The summed E-state index contributed by atoms with van der Waals surface area (Å²) in [5.74, 6) is 1.80. The van der Waals surface area contributed by atoms with Crippen LogP contribution in [0.1, 0.15) is 35.5 Å². The van der Waals surface area contributed by atoms with Crippen molar-refractivity contribution < 1.29 is 9.32 Å². The molecule has 4 heterocycles. The molecule has 0 unspecified atom stereocenters. The predicted octanol–water partition coefficient (Wildman–Crippen LogP) is 4.20. The van der Waals surface area contributed by atoms with Crippen molar-refractivity contribution in [2.45, 2.75) is 39.7 Å². The monoisotopic (exact) mass is 451 g/mol. The molecule has 1 saturated heterocycles. The molecule has 166 valence electrons. The quantitative estimate of drug-likeness (QED) is 0.594. The van der Waals surface area contributed by atoms with E-state index in [2.05, 4.69) is 20.0 Å². The Hall–Kier alpha value is -2.93. The molecule has 0 bridgehead atoms. The summed E-state index contributed by atoms with van der Waals surface area (Å²) in [4.78, 5) is 26.5. The van der Waals surface area contributed by atoms with Crippen LogP contribution in [-0.4, -0.2) is 45.6 Å². The minimum atomic E-state index is 0.0290. The number of hydrogen-bond acceptors (Lipinski definition) is 6. The molecule has 7 nitrogen and oxygen atoms in total. The van der Waals surface area contributed by atoms with Crippen LogP contribution in [0, 0.1) is 19.8 Å². The van der Waals surface area contributed by atoms with Crippen molar-refractivity contribution in [2.75, 3.05) is 24.5 Å². The SMILES string of the molecule is Cc1cc(C)nc(N2CCC(C(=O)N3CCc4c(noc4-c4ccc(Cl)cc4)C3)CC2)n1. The number of rotatable bonds is 3. The highest BCUT2D eigenvalue weighted by Crippen LogP contribution is 2.32. The highest BCUT2D eigenvalue weighted by molar-refractivity contribution is 6.30. The van der Waals surface area contributed by atoms with E-state index in [1.165, 1.54) is 0 Å². The lowest BCUT2D eigenvalue weighted by Gasteiger charge is -2.35. The van der Waals surface area contributed by atoms with Crippen LogP contribution in [0.15, 0.2) is 34.9 Å². The molecular formula is C24H26ClN5O2. The van der Waals surface area contributed by atoms with Gasteiger partial charge >= 0.3 is 0 Å². The molecule has 5 rings (SSSR count). The maximum atomic E-state index is 13.2. The van der Waals surface area contributed by atoms with Gasteiger partial charge < -0.3 is 14.3 Å². The number of halogens is 1. The van der Waals surface area contributed by atoms with Gasteiger partial charge in [-0.1, -0.05) is 16.8 Å². The largest absolute Gasteiger partial charge is 0.356 e. The van der Waals surface area contributed by atoms with Crippen LogP contribution in [0.4, 0.5) is 5.95 Å². The third-order valence-electron chi connectivity index (χ3n) is 6.36. The van der Waals surface area contributed by atoms with E-state index in [1.807, 2.05) is 49.1 Å². The molecule has 0 aliphatic carbocycles. The Bertz CT molecular complexity index is 1120. The van der Waals surface area contributed by atoms with Crippen molar-refractivity contribution in [2.24, 2.45) is 5.92 Å². The molecule has 2 aliphatic rings. The zero-order valence-corrected chi connectivity index (χ0v) is 19.1. The summed E-state index contributed by atoms with van der Waals surface area (Å²) < 4.78 is 5.65. The zero-order chi connectivity index (χ0) is 22.2. The highest BCUT2D eigenvalue weighted by atomic mass is 35.5. The van der Waals surface area contributed by atoms with Gasteiger partial charge in [-0.3, -0.25) is 4.79 Å². The lowest BCUT2D eigenvalue weighted by molar-refractivity contribution is -0.137. The van der Waals surface area contributed by atoms with Crippen LogP contribution in [-0.2, 0) is 17.8 Å². The van der Waals surface area contributed by atoms with E-state index in [9.17, 15) is 4.79 Å². The third kappa shape index (κ3) is 4.09. The van der Waals surface area contributed by atoms with Crippen LogP contribution in [0.5, 0.6) is 0 Å². The fourth-order valence-corrected chi connectivity index (χ4v) is 4.81. The Morgan fingerprint density at radius 2 is 1.75 bits per heavy atom. The van der Waals surface area contributed by atoms with Crippen molar-refractivity contribution >= 4 is 23.5 Å². The first kappa shape index (κ1) is 20.9. The first-order valence-electron chi connectivity index (χ1n) is 11.1. The fourth-order valence-electron chi connectivity index (χ4n) is 4.68. The number of aromatic nitrogens is 3. The summed E-state index contributed by atoms with van der Waals surface area (Å²) in [6.07, 6.45) is 2.37. The van der Waals surface area contributed by atoms with Gasteiger partial charge in [-0.2, -0.15) is 0 Å². The molecule has 32 heavy (non-hydrogen) atoms.